The zero-order valence-electron chi connectivity index (χ0n) is 19.0. The van der Waals surface area contributed by atoms with Crippen molar-refractivity contribution in [1.29, 1.82) is 0 Å². The maximum absolute atomic E-state index is 12.9. The van der Waals surface area contributed by atoms with Crippen molar-refractivity contribution in [3.63, 3.8) is 0 Å². The van der Waals surface area contributed by atoms with Crippen molar-refractivity contribution in [2.75, 3.05) is 33.3 Å². The summed E-state index contributed by atoms with van der Waals surface area (Å²) in [5, 5.41) is 0. The Kier molecular flexibility index (Phi) is 5.73. The number of aliphatic imine (C=N–C) groups is 1. The molecule has 6 nitrogen and oxygen atoms in total. The van der Waals surface area contributed by atoms with Gasteiger partial charge in [0.2, 0.25) is 5.91 Å². The van der Waals surface area contributed by atoms with E-state index in [9.17, 15) is 4.79 Å². The molecule has 0 atom stereocenters. The van der Waals surface area contributed by atoms with Crippen LogP contribution in [-0.4, -0.2) is 54.8 Å². The lowest BCUT2D eigenvalue weighted by Crippen LogP contribution is -2.51. The zero-order chi connectivity index (χ0) is 22.8. The number of para-hydroxylation sites is 2. The van der Waals surface area contributed by atoms with Crippen molar-refractivity contribution in [3.8, 4) is 17.2 Å². The lowest BCUT2D eigenvalue weighted by atomic mass is 10.1. The molecule has 2 heterocycles. The van der Waals surface area contributed by atoms with E-state index in [0.29, 0.717) is 19.5 Å². The highest BCUT2D eigenvalue weighted by molar-refractivity contribution is 6.04. The van der Waals surface area contributed by atoms with E-state index in [1.54, 1.807) is 7.11 Å². The van der Waals surface area contributed by atoms with Gasteiger partial charge in [-0.15, -0.1) is 0 Å². The van der Waals surface area contributed by atoms with Crippen LogP contribution in [0.3, 0.4) is 0 Å². The van der Waals surface area contributed by atoms with Crippen LogP contribution >= 0.6 is 0 Å². The monoisotopic (exact) mass is 441 g/mol. The molecular formula is C27H27N3O3. The summed E-state index contributed by atoms with van der Waals surface area (Å²) in [6.07, 6.45) is 0.397. The number of methoxy groups -OCH3 is 1. The molecule has 0 saturated carbocycles. The predicted octanol–water partition coefficient (Wildman–Crippen LogP) is 4.57. The molecule has 0 unspecified atom stereocenters. The summed E-state index contributed by atoms with van der Waals surface area (Å²) in [7, 11) is 1.64. The third kappa shape index (κ3) is 4.42. The summed E-state index contributed by atoms with van der Waals surface area (Å²) in [6.45, 7) is 4.85. The summed E-state index contributed by atoms with van der Waals surface area (Å²) >= 11 is 0. The first-order valence-electron chi connectivity index (χ1n) is 11.2. The third-order valence-electron chi connectivity index (χ3n) is 6.13. The van der Waals surface area contributed by atoms with E-state index in [4.69, 9.17) is 14.5 Å². The van der Waals surface area contributed by atoms with Crippen molar-refractivity contribution in [1.82, 2.24) is 9.80 Å². The molecule has 2 aliphatic heterocycles. The average molecular weight is 442 g/mol. The van der Waals surface area contributed by atoms with E-state index in [-0.39, 0.29) is 5.91 Å². The maximum Gasteiger partial charge on any atom is 0.227 e. The van der Waals surface area contributed by atoms with Gasteiger partial charge in [-0.2, -0.15) is 0 Å². The summed E-state index contributed by atoms with van der Waals surface area (Å²) in [4.78, 5) is 22.1. The van der Waals surface area contributed by atoms with Gasteiger partial charge in [0.05, 0.1) is 19.1 Å². The SMILES string of the molecule is COc1ccc(CC(=O)N2CCN(C3=Nc4ccccc4Oc4ccc(C)cc43)CC2)cc1. The molecule has 6 heteroatoms. The number of fused-ring (bicyclic) bond motifs is 2. The van der Waals surface area contributed by atoms with E-state index in [1.165, 1.54) is 0 Å². The van der Waals surface area contributed by atoms with Crippen LogP contribution in [0.15, 0.2) is 71.7 Å². The lowest BCUT2D eigenvalue weighted by Gasteiger charge is -2.36. The van der Waals surface area contributed by atoms with Gasteiger partial charge in [0.1, 0.15) is 23.0 Å². The molecule has 0 aromatic heterocycles. The molecule has 1 amide bonds. The fraction of sp³-hybridized carbons (Fsp3) is 0.259. The minimum absolute atomic E-state index is 0.146. The van der Waals surface area contributed by atoms with Crippen molar-refractivity contribution in [3.05, 3.63) is 83.4 Å². The van der Waals surface area contributed by atoms with E-state index >= 15 is 0 Å². The zero-order valence-corrected chi connectivity index (χ0v) is 19.0. The van der Waals surface area contributed by atoms with Gasteiger partial charge in [-0.25, -0.2) is 4.99 Å². The van der Waals surface area contributed by atoms with E-state index in [2.05, 4.69) is 24.0 Å². The summed E-state index contributed by atoms with van der Waals surface area (Å²) in [5.41, 5.74) is 3.96. The number of piperazine rings is 1. The molecule has 0 radical (unpaired) electrons. The number of hydrogen-bond acceptors (Lipinski definition) is 5. The maximum atomic E-state index is 12.9. The number of hydrogen-bond donors (Lipinski definition) is 0. The molecule has 3 aromatic rings. The number of amides is 1. The largest absolute Gasteiger partial charge is 0.497 e. The minimum atomic E-state index is 0.146. The van der Waals surface area contributed by atoms with Gasteiger partial charge in [0.15, 0.2) is 5.75 Å². The molecular weight excluding hydrogens is 414 g/mol. The number of benzene rings is 3. The number of amidine groups is 1. The van der Waals surface area contributed by atoms with Crippen LogP contribution in [-0.2, 0) is 11.2 Å². The first kappa shape index (κ1) is 21.1. The minimum Gasteiger partial charge on any atom is -0.497 e. The van der Waals surface area contributed by atoms with Crippen LogP contribution in [0, 0.1) is 6.92 Å². The number of ether oxygens (including phenoxy) is 2. The van der Waals surface area contributed by atoms with Gasteiger partial charge in [-0.3, -0.25) is 4.79 Å². The van der Waals surface area contributed by atoms with Gasteiger partial charge >= 0.3 is 0 Å². The molecule has 33 heavy (non-hydrogen) atoms. The topological polar surface area (TPSA) is 54.4 Å². The van der Waals surface area contributed by atoms with Crippen molar-refractivity contribution in [2.24, 2.45) is 4.99 Å². The Morgan fingerprint density at radius 2 is 1.73 bits per heavy atom. The Hall–Kier alpha value is -3.80. The van der Waals surface area contributed by atoms with Crippen LogP contribution in [0.1, 0.15) is 16.7 Å². The van der Waals surface area contributed by atoms with Gasteiger partial charge < -0.3 is 19.3 Å². The Morgan fingerprint density at radius 1 is 0.970 bits per heavy atom. The lowest BCUT2D eigenvalue weighted by molar-refractivity contribution is -0.131. The van der Waals surface area contributed by atoms with Crippen LogP contribution in [0.5, 0.6) is 17.2 Å². The molecule has 1 fully saturated rings. The number of nitrogens with zero attached hydrogens (tertiary/aromatic N) is 3. The van der Waals surface area contributed by atoms with Crippen LogP contribution in [0.4, 0.5) is 5.69 Å². The van der Waals surface area contributed by atoms with E-state index in [1.807, 2.05) is 59.5 Å². The first-order valence-corrected chi connectivity index (χ1v) is 11.2. The standard InChI is InChI=1S/C27H27N3O3/c1-19-7-12-24-22(17-19)27(28-23-5-3-4-6-25(23)33-24)30-15-13-29(14-16-30)26(31)18-20-8-10-21(32-2)11-9-20/h3-12,17H,13-16,18H2,1-2H3. The smallest absolute Gasteiger partial charge is 0.227 e. The van der Waals surface area contributed by atoms with Gasteiger partial charge in [-0.05, 0) is 48.9 Å². The Bertz CT molecular complexity index is 1200. The second kappa shape index (κ2) is 8.98. The van der Waals surface area contributed by atoms with Gasteiger partial charge in [-0.1, -0.05) is 35.9 Å². The van der Waals surface area contributed by atoms with E-state index in [0.717, 1.165) is 58.6 Å². The highest BCUT2D eigenvalue weighted by Crippen LogP contribution is 2.38. The summed E-state index contributed by atoms with van der Waals surface area (Å²) < 4.78 is 11.4. The average Bonchev–Trinajstić information content (AvgIpc) is 3.01. The predicted molar refractivity (Wildman–Crippen MR) is 129 cm³/mol. The summed E-state index contributed by atoms with van der Waals surface area (Å²) in [5.74, 6) is 3.41. The number of carbonyl (C=O) groups is 1. The molecule has 0 bridgehead atoms. The molecule has 0 N–H and O–H groups in total. The second-order valence-corrected chi connectivity index (χ2v) is 8.40. The number of aryl methyl sites for hydroxylation is 1. The highest BCUT2D eigenvalue weighted by atomic mass is 16.5. The van der Waals surface area contributed by atoms with Crippen LogP contribution < -0.4 is 9.47 Å². The van der Waals surface area contributed by atoms with E-state index < -0.39 is 0 Å². The quantitative estimate of drug-likeness (QED) is 0.597. The van der Waals surface area contributed by atoms with Crippen LogP contribution in [0.2, 0.25) is 0 Å². The Balaban J connectivity index is 1.33. The molecule has 0 aliphatic carbocycles. The molecule has 2 aliphatic rings. The fourth-order valence-electron chi connectivity index (χ4n) is 4.27. The molecule has 168 valence electrons. The molecule has 3 aromatic carbocycles. The summed E-state index contributed by atoms with van der Waals surface area (Å²) in [6, 6.07) is 21.7. The fourth-order valence-corrected chi connectivity index (χ4v) is 4.27. The van der Waals surface area contributed by atoms with Crippen LogP contribution in [0.25, 0.3) is 0 Å². The van der Waals surface area contributed by atoms with Gasteiger partial charge in [0, 0.05) is 26.2 Å². The third-order valence-corrected chi connectivity index (χ3v) is 6.13. The number of carbonyl (C=O) groups excluding carboxylic acids is 1. The highest BCUT2D eigenvalue weighted by Gasteiger charge is 2.27. The Morgan fingerprint density at radius 3 is 2.48 bits per heavy atom. The second-order valence-electron chi connectivity index (χ2n) is 8.40. The Labute approximate surface area is 194 Å². The number of rotatable bonds is 3. The van der Waals surface area contributed by atoms with Crippen molar-refractivity contribution in [2.45, 2.75) is 13.3 Å². The molecule has 5 rings (SSSR count). The van der Waals surface area contributed by atoms with Crippen molar-refractivity contribution < 1.29 is 14.3 Å². The van der Waals surface area contributed by atoms with Crippen molar-refractivity contribution >= 4 is 17.4 Å². The normalized spacial score (nSPS) is 15.0. The first-order chi connectivity index (χ1) is 16.1. The molecule has 1 saturated heterocycles. The molecule has 0 spiro atoms. The van der Waals surface area contributed by atoms with Gasteiger partial charge in [0.25, 0.3) is 0 Å².